The van der Waals surface area contributed by atoms with Crippen molar-refractivity contribution in [2.75, 3.05) is 11.8 Å². The van der Waals surface area contributed by atoms with E-state index in [2.05, 4.69) is 15.0 Å². The molecule has 9 heteroatoms. The number of aryl methyl sites for hydroxylation is 1. The standard InChI is InChI=1S/C18H17N3O5S/c1-10-7-11(18(23)24)3-6-16(10)27(25,26)21-13-4-5-14-12(8-13)9-15(20-14)17(22)19-2/h3-9,20-21H,1-2H3,(H,19,22)(H,23,24). The number of fused-ring (bicyclic) bond motifs is 1. The van der Waals surface area contributed by atoms with E-state index in [1.165, 1.54) is 32.2 Å². The molecule has 0 unspecified atom stereocenters. The second-order valence-corrected chi connectivity index (χ2v) is 7.61. The highest BCUT2D eigenvalue weighted by atomic mass is 32.2. The third-order valence-corrected chi connectivity index (χ3v) is 5.60. The molecule has 0 bridgehead atoms. The summed E-state index contributed by atoms with van der Waals surface area (Å²) < 4.78 is 27.8. The molecule has 0 aliphatic heterocycles. The van der Waals surface area contributed by atoms with Crippen LogP contribution in [0.5, 0.6) is 0 Å². The molecule has 1 aromatic heterocycles. The summed E-state index contributed by atoms with van der Waals surface area (Å²) in [6.45, 7) is 1.53. The van der Waals surface area contributed by atoms with E-state index < -0.39 is 16.0 Å². The zero-order valence-electron chi connectivity index (χ0n) is 14.5. The van der Waals surface area contributed by atoms with Crippen molar-refractivity contribution >= 4 is 38.5 Å². The van der Waals surface area contributed by atoms with Gasteiger partial charge in [-0.15, -0.1) is 0 Å². The smallest absolute Gasteiger partial charge is 0.335 e. The number of rotatable bonds is 5. The Kier molecular flexibility index (Phi) is 4.63. The van der Waals surface area contributed by atoms with Gasteiger partial charge >= 0.3 is 5.97 Å². The van der Waals surface area contributed by atoms with Gasteiger partial charge in [0.1, 0.15) is 5.69 Å². The maximum absolute atomic E-state index is 12.7. The molecule has 3 aromatic rings. The highest BCUT2D eigenvalue weighted by Gasteiger charge is 2.19. The lowest BCUT2D eigenvalue weighted by Crippen LogP contribution is -2.17. The SMILES string of the molecule is CNC(=O)c1cc2cc(NS(=O)(=O)c3ccc(C(=O)O)cc3C)ccc2[nH]1. The van der Waals surface area contributed by atoms with Gasteiger partial charge in [0, 0.05) is 23.6 Å². The largest absolute Gasteiger partial charge is 0.478 e. The first-order valence-electron chi connectivity index (χ1n) is 7.93. The van der Waals surface area contributed by atoms with Crippen molar-refractivity contribution in [2.24, 2.45) is 0 Å². The number of carboxylic acid groups (broad SMARTS) is 1. The van der Waals surface area contributed by atoms with Gasteiger partial charge in [0.05, 0.1) is 10.5 Å². The first-order valence-corrected chi connectivity index (χ1v) is 9.41. The van der Waals surface area contributed by atoms with Crippen LogP contribution in [0.2, 0.25) is 0 Å². The van der Waals surface area contributed by atoms with E-state index in [0.717, 1.165) is 0 Å². The first-order chi connectivity index (χ1) is 12.7. The minimum Gasteiger partial charge on any atom is -0.478 e. The average molecular weight is 387 g/mol. The van der Waals surface area contributed by atoms with Gasteiger partial charge in [-0.2, -0.15) is 0 Å². The number of aromatic nitrogens is 1. The lowest BCUT2D eigenvalue weighted by molar-refractivity contribution is 0.0696. The number of hydrogen-bond donors (Lipinski definition) is 4. The molecule has 0 atom stereocenters. The van der Waals surface area contributed by atoms with E-state index >= 15 is 0 Å². The molecular weight excluding hydrogens is 370 g/mol. The van der Waals surface area contributed by atoms with Gasteiger partial charge in [0.15, 0.2) is 0 Å². The quantitative estimate of drug-likeness (QED) is 0.534. The number of sulfonamides is 1. The summed E-state index contributed by atoms with van der Waals surface area (Å²) in [6.07, 6.45) is 0. The molecule has 1 heterocycles. The lowest BCUT2D eigenvalue weighted by atomic mass is 10.1. The van der Waals surface area contributed by atoms with Crippen LogP contribution in [0.15, 0.2) is 47.4 Å². The van der Waals surface area contributed by atoms with E-state index in [1.807, 2.05) is 0 Å². The van der Waals surface area contributed by atoms with Crippen molar-refractivity contribution in [3.05, 3.63) is 59.3 Å². The minimum atomic E-state index is -3.90. The number of carbonyl (C=O) groups excluding carboxylic acids is 1. The Morgan fingerprint density at radius 1 is 1.07 bits per heavy atom. The highest BCUT2D eigenvalue weighted by Crippen LogP contribution is 2.24. The Morgan fingerprint density at radius 3 is 2.44 bits per heavy atom. The van der Waals surface area contributed by atoms with Crippen LogP contribution in [0.25, 0.3) is 10.9 Å². The fraction of sp³-hybridized carbons (Fsp3) is 0.111. The Morgan fingerprint density at radius 2 is 1.81 bits per heavy atom. The van der Waals surface area contributed by atoms with Gasteiger partial charge in [-0.1, -0.05) is 0 Å². The summed E-state index contributed by atoms with van der Waals surface area (Å²) in [4.78, 5) is 25.6. The maximum atomic E-state index is 12.7. The van der Waals surface area contributed by atoms with Crippen molar-refractivity contribution in [3.8, 4) is 0 Å². The minimum absolute atomic E-state index is 0.00675. The number of aromatic amines is 1. The zero-order valence-corrected chi connectivity index (χ0v) is 15.3. The predicted molar refractivity (Wildman–Crippen MR) is 101 cm³/mol. The van der Waals surface area contributed by atoms with Crippen LogP contribution in [0.3, 0.4) is 0 Å². The molecule has 0 saturated carbocycles. The normalized spacial score (nSPS) is 11.3. The second kappa shape index (κ2) is 6.76. The van der Waals surface area contributed by atoms with Crippen LogP contribution >= 0.6 is 0 Å². The summed E-state index contributed by atoms with van der Waals surface area (Å²) in [5.74, 6) is -1.40. The van der Waals surface area contributed by atoms with Gasteiger partial charge in [-0.3, -0.25) is 9.52 Å². The Bertz CT molecular complexity index is 1160. The van der Waals surface area contributed by atoms with E-state index in [4.69, 9.17) is 5.11 Å². The number of aromatic carboxylic acids is 1. The molecular formula is C18H17N3O5S. The van der Waals surface area contributed by atoms with Gasteiger partial charge < -0.3 is 15.4 Å². The van der Waals surface area contributed by atoms with Crippen LogP contribution in [-0.2, 0) is 10.0 Å². The summed E-state index contributed by atoms with van der Waals surface area (Å²) >= 11 is 0. The lowest BCUT2D eigenvalue weighted by Gasteiger charge is -2.11. The van der Waals surface area contributed by atoms with Crippen LogP contribution in [0, 0.1) is 6.92 Å². The molecule has 0 aliphatic carbocycles. The predicted octanol–water partition coefficient (Wildman–Crippen LogP) is 2.33. The van der Waals surface area contributed by atoms with Crippen LogP contribution in [0.4, 0.5) is 5.69 Å². The third-order valence-electron chi connectivity index (χ3n) is 4.06. The number of H-pyrrole nitrogens is 1. The highest BCUT2D eigenvalue weighted by molar-refractivity contribution is 7.92. The van der Waals surface area contributed by atoms with Gasteiger partial charge in [0.25, 0.3) is 15.9 Å². The second-order valence-electron chi connectivity index (χ2n) is 5.96. The van der Waals surface area contributed by atoms with Crippen LogP contribution < -0.4 is 10.0 Å². The van der Waals surface area contributed by atoms with E-state index in [9.17, 15) is 18.0 Å². The van der Waals surface area contributed by atoms with Crippen LogP contribution in [-0.4, -0.2) is 37.4 Å². The van der Waals surface area contributed by atoms with Crippen molar-refractivity contribution in [1.29, 1.82) is 0 Å². The number of carboxylic acids is 1. The number of anilines is 1. The maximum Gasteiger partial charge on any atom is 0.335 e. The van der Waals surface area contributed by atoms with Crippen LogP contribution in [0.1, 0.15) is 26.4 Å². The number of carbonyl (C=O) groups is 2. The topological polar surface area (TPSA) is 128 Å². The summed E-state index contributed by atoms with van der Waals surface area (Å²) in [7, 11) is -2.38. The molecule has 0 aliphatic rings. The fourth-order valence-corrected chi connectivity index (χ4v) is 4.02. The molecule has 8 nitrogen and oxygen atoms in total. The van der Waals surface area contributed by atoms with Gasteiger partial charge in [-0.25, -0.2) is 13.2 Å². The Labute approximate surface area is 155 Å². The van der Waals surface area contributed by atoms with E-state index in [-0.39, 0.29) is 16.4 Å². The van der Waals surface area contributed by atoms with Gasteiger partial charge in [-0.05, 0) is 55.0 Å². The van der Waals surface area contributed by atoms with Crippen molar-refractivity contribution in [1.82, 2.24) is 10.3 Å². The molecule has 0 saturated heterocycles. The fourth-order valence-electron chi connectivity index (χ4n) is 2.75. The molecule has 2 aromatic carbocycles. The molecule has 0 radical (unpaired) electrons. The Hall–Kier alpha value is -3.33. The summed E-state index contributed by atoms with van der Waals surface area (Å²) in [5, 5.41) is 12.2. The average Bonchev–Trinajstić information content (AvgIpc) is 3.03. The molecule has 0 spiro atoms. The number of nitrogens with one attached hydrogen (secondary N) is 3. The van der Waals surface area contributed by atoms with Crippen molar-refractivity contribution < 1.29 is 23.1 Å². The molecule has 27 heavy (non-hydrogen) atoms. The number of hydrogen-bond acceptors (Lipinski definition) is 4. The summed E-state index contributed by atoms with van der Waals surface area (Å²) in [6, 6.07) is 10.3. The molecule has 3 rings (SSSR count). The summed E-state index contributed by atoms with van der Waals surface area (Å²) in [5.41, 5.74) is 1.73. The number of amides is 1. The monoisotopic (exact) mass is 387 g/mol. The van der Waals surface area contributed by atoms with E-state index in [1.54, 1.807) is 24.3 Å². The number of benzene rings is 2. The Balaban J connectivity index is 1.93. The van der Waals surface area contributed by atoms with Crippen molar-refractivity contribution in [2.45, 2.75) is 11.8 Å². The van der Waals surface area contributed by atoms with Gasteiger partial charge in [0.2, 0.25) is 0 Å². The molecule has 4 N–H and O–H groups in total. The molecule has 0 fully saturated rings. The first kappa shape index (κ1) is 18.5. The third kappa shape index (κ3) is 3.63. The van der Waals surface area contributed by atoms with E-state index in [0.29, 0.717) is 27.8 Å². The van der Waals surface area contributed by atoms with Crippen molar-refractivity contribution in [3.63, 3.8) is 0 Å². The molecule has 1 amide bonds. The molecule has 140 valence electrons. The zero-order chi connectivity index (χ0) is 19.8.